The Bertz CT molecular complexity index is 1110. The first kappa shape index (κ1) is 25.0. The van der Waals surface area contributed by atoms with E-state index in [1.165, 1.54) is 37.7 Å². The molecule has 5 heteroatoms. The largest absolute Gasteiger partial charge is 0.390 e. The van der Waals surface area contributed by atoms with Crippen LogP contribution in [0.2, 0.25) is 0 Å². The first-order valence-electron chi connectivity index (χ1n) is 14.0. The van der Waals surface area contributed by atoms with Crippen LogP contribution in [0.1, 0.15) is 60.9 Å². The molecule has 1 atom stereocenters. The number of aromatic nitrogens is 1. The molecule has 0 spiro atoms. The number of nitrogens with zero attached hydrogens (tertiary/aromatic N) is 2. The van der Waals surface area contributed by atoms with Gasteiger partial charge in [-0.3, -0.25) is 4.79 Å². The third-order valence-corrected chi connectivity index (χ3v) is 8.23. The molecular weight excluding hydrogens is 446 g/mol. The van der Waals surface area contributed by atoms with Crippen molar-refractivity contribution in [3.63, 3.8) is 0 Å². The molecule has 2 aromatic carbocycles. The lowest BCUT2D eigenvalue weighted by Gasteiger charge is -2.32. The van der Waals surface area contributed by atoms with Crippen molar-refractivity contribution >= 4 is 16.8 Å². The number of likely N-dealkylation sites (tertiary alicyclic amines) is 1. The molecule has 0 bridgehead atoms. The van der Waals surface area contributed by atoms with Gasteiger partial charge in [0, 0.05) is 48.8 Å². The zero-order valence-electron chi connectivity index (χ0n) is 21.4. The third-order valence-electron chi connectivity index (χ3n) is 8.23. The minimum absolute atomic E-state index is 0.134. The predicted molar refractivity (Wildman–Crippen MR) is 146 cm³/mol. The van der Waals surface area contributed by atoms with Gasteiger partial charge in [-0.2, -0.15) is 0 Å². The topological polar surface area (TPSA) is 57.5 Å². The smallest absolute Gasteiger partial charge is 0.253 e. The highest BCUT2D eigenvalue weighted by Crippen LogP contribution is 2.25. The van der Waals surface area contributed by atoms with Gasteiger partial charge in [-0.15, -0.1) is 0 Å². The van der Waals surface area contributed by atoms with Gasteiger partial charge in [0.1, 0.15) is 0 Å². The SMILES string of the molecule is O=C(c1ccc2c(ccn2CC(O)CNCC2CCCCC2)c1)N1CCC(Cc2ccccc2)CC1. The number of aliphatic hydroxyl groups is 1. The van der Waals surface area contributed by atoms with E-state index in [0.717, 1.165) is 61.3 Å². The number of piperidine rings is 1. The summed E-state index contributed by atoms with van der Waals surface area (Å²) in [6.45, 7) is 3.85. The van der Waals surface area contributed by atoms with Gasteiger partial charge >= 0.3 is 0 Å². The molecule has 2 heterocycles. The summed E-state index contributed by atoms with van der Waals surface area (Å²) in [7, 11) is 0. The number of amides is 1. The van der Waals surface area contributed by atoms with Crippen molar-refractivity contribution < 1.29 is 9.90 Å². The maximum absolute atomic E-state index is 13.2. The van der Waals surface area contributed by atoms with Crippen LogP contribution in [0.4, 0.5) is 0 Å². The molecule has 3 aromatic rings. The number of hydrogen-bond donors (Lipinski definition) is 2. The lowest BCUT2D eigenvalue weighted by Crippen LogP contribution is -2.38. The van der Waals surface area contributed by atoms with Gasteiger partial charge in [-0.25, -0.2) is 0 Å². The molecule has 2 N–H and O–H groups in total. The van der Waals surface area contributed by atoms with E-state index in [1.54, 1.807) is 0 Å². The summed E-state index contributed by atoms with van der Waals surface area (Å²) in [5.74, 6) is 1.55. The second-order valence-corrected chi connectivity index (χ2v) is 11.0. The van der Waals surface area contributed by atoms with Gasteiger partial charge in [0.05, 0.1) is 6.10 Å². The normalized spacial score (nSPS) is 18.5. The van der Waals surface area contributed by atoms with E-state index in [1.807, 2.05) is 29.3 Å². The van der Waals surface area contributed by atoms with Crippen LogP contribution in [-0.4, -0.2) is 52.8 Å². The maximum Gasteiger partial charge on any atom is 0.253 e. The Hall–Kier alpha value is -2.63. The second kappa shape index (κ2) is 12.1. The quantitative estimate of drug-likeness (QED) is 0.432. The Labute approximate surface area is 215 Å². The first-order valence-corrected chi connectivity index (χ1v) is 14.0. The zero-order chi connectivity index (χ0) is 24.7. The summed E-state index contributed by atoms with van der Waals surface area (Å²) in [6, 6.07) is 18.7. The number of benzene rings is 2. The van der Waals surface area contributed by atoms with Crippen molar-refractivity contribution in [2.45, 2.75) is 64.0 Å². The summed E-state index contributed by atoms with van der Waals surface area (Å²) in [5.41, 5.74) is 3.22. The fourth-order valence-electron chi connectivity index (χ4n) is 6.10. The molecule has 1 saturated carbocycles. The van der Waals surface area contributed by atoms with E-state index in [-0.39, 0.29) is 5.91 Å². The van der Waals surface area contributed by atoms with E-state index >= 15 is 0 Å². The minimum Gasteiger partial charge on any atom is -0.390 e. The monoisotopic (exact) mass is 487 g/mol. The van der Waals surface area contributed by atoms with Gasteiger partial charge in [-0.1, -0.05) is 49.6 Å². The highest BCUT2D eigenvalue weighted by atomic mass is 16.3. The average Bonchev–Trinajstić information content (AvgIpc) is 3.31. The summed E-state index contributed by atoms with van der Waals surface area (Å²) in [6.07, 6.45) is 11.5. The van der Waals surface area contributed by atoms with Gasteiger partial charge in [0.15, 0.2) is 0 Å². The minimum atomic E-state index is -0.428. The number of rotatable bonds is 9. The van der Waals surface area contributed by atoms with Crippen molar-refractivity contribution in [3.05, 3.63) is 71.9 Å². The van der Waals surface area contributed by atoms with E-state index in [2.05, 4.69) is 46.3 Å². The van der Waals surface area contributed by atoms with Gasteiger partial charge in [-0.05, 0) is 80.3 Å². The number of aliphatic hydroxyl groups excluding tert-OH is 1. The van der Waals surface area contributed by atoms with Crippen LogP contribution in [0.5, 0.6) is 0 Å². The van der Waals surface area contributed by atoms with Crippen LogP contribution in [0, 0.1) is 11.8 Å². The Morgan fingerprint density at radius 1 is 0.944 bits per heavy atom. The van der Waals surface area contributed by atoms with E-state index in [9.17, 15) is 9.90 Å². The van der Waals surface area contributed by atoms with Crippen molar-refractivity contribution in [2.24, 2.45) is 11.8 Å². The summed E-state index contributed by atoms with van der Waals surface area (Å²) in [5, 5.41) is 15.1. The maximum atomic E-state index is 13.2. The summed E-state index contributed by atoms with van der Waals surface area (Å²) >= 11 is 0. The molecule has 5 rings (SSSR count). The van der Waals surface area contributed by atoms with Crippen LogP contribution < -0.4 is 5.32 Å². The molecule has 1 aliphatic carbocycles. The van der Waals surface area contributed by atoms with Crippen LogP contribution in [-0.2, 0) is 13.0 Å². The fraction of sp³-hybridized carbons (Fsp3) is 0.516. The Morgan fingerprint density at radius 2 is 1.72 bits per heavy atom. The van der Waals surface area contributed by atoms with Crippen molar-refractivity contribution in [1.29, 1.82) is 0 Å². The molecule has 1 amide bonds. The average molecular weight is 488 g/mol. The van der Waals surface area contributed by atoms with Crippen LogP contribution in [0.15, 0.2) is 60.8 Å². The second-order valence-electron chi connectivity index (χ2n) is 11.0. The van der Waals surface area contributed by atoms with E-state index in [4.69, 9.17) is 0 Å². The van der Waals surface area contributed by atoms with Crippen molar-refractivity contribution in [3.8, 4) is 0 Å². The molecule has 36 heavy (non-hydrogen) atoms. The van der Waals surface area contributed by atoms with Crippen LogP contribution in [0.3, 0.4) is 0 Å². The lowest BCUT2D eigenvalue weighted by atomic mass is 9.89. The highest BCUT2D eigenvalue weighted by Gasteiger charge is 2.24. The number of hydrogen-bond acceptors (Lipinski definition) is 3. The zero-order valence-corrected chi connectivity index (χ0v) is 21.4. The van der Waals surface area contributed by atoms with Gasteiger partial charge < -0.3 is 19.9 Å². The molecule has 192 valence electrons. The molecular formula is C31H41N3O2. The molecule has 1 unspecified atom stereocenters. The predicted octanol–water partition coefficient (Wildman–Crippen LogP) is 5.27. The van der Waals surface area contributed by atoms with Crippen molar-refractivity contribution in [2.75, 3.05) is 26.2 Å². The van der Waals surface area contributed by atoms with Gasteiger partial charge in [0.2, 0.25) is 0 Å². The van der Waals surface area contributed by atoms with Crippen molar-refractivity contribution in [1.82, 2.24) is 14.8 Å². The molecule has 1 saturated heterocycles. The first-order chi connectivity index (χ1) is 17.7. The Kier molecular flexibility index (Phi) is 8.40. The Morgan fingerprint density at radius 3 is 2.50 bits per heavy atom. The van der Waals surface area contributed by atoms with E-state index in [0.29, 0.717) is 19.0 Å². The van der Waals surface area contributed by atoms with Crippen LogP contribution >= 0.6 is 0 Å². The number of carbonyl (C=O) groups excluding carboxylic acids is 1. The third kappa shape index (κ3) is 6.37. The fourth-order valence-corrected chi connectivity index (χ4v) is 6.10. The number of carbonyl (C=O) groups is 1. The number of nitrogens with one attached hydrogen (secondary N) is 1. The standard InChI is InChI=1S/C31H41N3O2/c35-29(22-32-21-26-9-5-2-6-10-26)23-34-18-15-27-20-28(11-12-30(27)34)31(36)33-16-13-25(14-17-33)19-24-7-3-1-4-8-24/h1,3-4,7-8,11-12,15,18,20,25-26,29,32,35H,2,5-6,9-10,13-14,16-17,19,21-23H2. The van der Waals surface area contributed by atoms with E-state index < -0.39 is 6.10 Å². The van der Waals surface area contributed by atoms with Gasteiger partial charge in [0.25, 0.3) is 5.91 Å². The lowest BCUT2D eigenvalue weighted by molar-refractivity contribution is 0.0690. The molecule has 5 nitrogen and oxygen atoms in total. The highest BCUT2D eigenvalue weighted by molar-refractivity contribution is 5.98. The number of fused-ring (bicyclic) bond motifs is 1. The molecule has 2 fully saturated rings. The molecule has 1 aliphatic heterocycles. The molecule has 2 aliphatic rings. The Balaban J connectivity index is 1.12. The molecule has 0 radical (unpaired) electrons. The van der Waals surface area contributed by atoms with Crippen LogP contribution in [0.25, 0.3) is 10.9 Å². The molecule has 1 aromatic heterocycles. The summed E-state index contributed by atoms with van der Waals surface area (Å²) in [4.78, 5) is 15.2. The summed E-state index contributed by atoms with van der Waals surface area (Å²) < 4.78 is 2.10.